The molecular weight excluding hydrogens is 361 g/mol. The minimum atomic E-state index is -4.18. The normalized spacial score (nSPS) is 17.0. The van der Waals surface area contributed by atoms with Crippen molar-refractivity contribution in [2.24, 2.45) is 10.9 Å². The number of ether oxygens (including phenoxy) is 1. The molecule has 0 atom stereocenters. The summed E-state index contributed by atoms with van der Waals surface area (Å²) in [6.07, 6.45) is -3.68. The fraction of sp³-hybridized carbons (Fsp3) is 0.889. The van der Waals surface area contributed by atoms with Crippen molar-refractivity contribution >= 4 is 12.1 Å². The highest BCUT2D eigenvalue weighted by Crippen LogP contribution is 2.21. The van der Waals surface area contributed by atoms with E-state index in [4.69, 9.17) is 4.74 Å². The number of hydrogen-bond donors (Lipinski definition) is 1. The van der Waals surface area contributed by atoms with Crippen LogP contribution in [0.25, 0.3) is 0 Å². The van der Waals surface area contributed by atoms with Crippen LogP contribution >= 0.6 is 0 Å². The molecule has 0 saturated carbocycles. The van der Waals surface area contributed by atoms with E-state index in [1.807, 2.05) is 32.6 Å². The van der Waals surface area contributed by atoms with Gasteiger partial charge in [0.05, 0.1) is 6.42 Å². The highest BCUT2D eigenvalue weighted by atomic mass is 19.4. The number of rotatable bonds is 5. The molecule has 1 N–H and O–H groups in total. The Morgan fingerprint density at radius 3 is 2.30 bits per heavy atom. The maximum Gasteiger partial charge on any atom is 0.410 e. The Kier molecular flexibility index (Phi) is 8.68. The van der Waals surface area contributed by atoms with Gasteiger partial charge in [-0.3, -0.25) is 4.99 Å². The molecule has 6 nitrogen and oxygen atoms in total. The van der Waals surface area contributed by atoms with Crippen LogP contribution in [0.4, 0.5) is 18.0 Å². The first-order valence-corrected chi connectivity index (χ1v) is 9.45. The lowest BCUT2D eigenvalue weighted by molar-refractivity contribution is -0.132. The third-order valence-electron chi connectivity index (χ3n) is 4.33. The quantitative estimate of drug-likeness (QED) is 0.573. The van der Waals surface area contributed by atoms with Crippen molar-refractivity contribution in [3.05, 3.63) is 0 Å². The molecule has 1 saturated heterocycles. The van der Waals surface area contributed by atoms with Crippen LogP contribution < -0.4 is 5.32 Å². The standard InChI is InChI=1S/C18H33F3N4O2/c1-6-24(16(26)27-17(2,3)4)13-14-7-11-25(12-8-14)15(22-5)23-10-9-18(19,20)21/h14H,6-13H2,1-5H3,(H,22,23). The van der Waals surface area contributed by atoms with E-state index in [1.54, 1.807) is 11.9 Å². The SMILES string of the molecule is CCN(CC1CCN(C(=NC)NCCC(F)(F)F)CC1)C(=O)OC(C)(C)C. The number of likely N-dealkylation sites (tertiary alicyclic amines) is 1. The molecule has 27 heavy (non-hydrogen) atoms. The number of guanidine groups is 1. The topological polar surface area (TPSA) is 57.2 Å². The zero-order valence-electron chi connectivity index (χ0n) is 17.0. The number of amides is 1. The first kappa shape index (κ1) is 23.4. The predicted molar refractivity (Wildman–Crippen MR) is 99.8 cm³/mol. The molecule has 1 aliphatic rings. The van der Waals surface area contributed by atoms with Gasteiger partial charge in [0, 0.05) is 39.8 Å². The Morgan fingerprint density at radius 2 is 1.85 bits per heavy atom. The molecule has 0 radical (unpaired) electrons. The number of piperidine rings is 1. The highest BCUT2D eigenvalue weighted by molar-refractivity contribution is 5.79. The van der Waals surface area contributed by atoms with Crippen molar-refractivity contribution in [2.45, 2.75) is 58.7 Å². The number of halogens is 3. The van der Waals surface area contributed by atoms with Gasteiger partial charge in [0.2, 0.25) is 0 Å². The molecule has 1 rings (SSSR count). The zero-order valence-corrected chi connectivity index (χ0v) is 17.0. The number of hydrogen-bond acceptors (Lipinski definition) is 3. The summed E-state index contributed by atoms with van der Waals surface area (Å²) in [6.45, 7) is 9.86. The van der Waals surface area contributed by atoms with E-state index in [-0.39, 0.29) is 12.6 Å². The summed E-state index contributed by atoms with van der Waals surface area (Å²) in [5.41, 5.74) is -0.525. The van der Waals surface area contributed by atoms with Crippen molar-refractivity contribution in [1.29, 1.82) is 0 Å². The molecule has 0 unspecified atom stereocenters. The Labute approximate surface area is 160 Å². The monoisotopic (exact) mass is 394 g/mol. The van der Waals surface area contributed by atoms with E-state index >= 15 is 0 Å². The molecule has 1 amide bonds. The summed E-state index contributed by atoms with van der Waals surface area (Å²) < 4.78 is 42.3. The predicted octanol–water partition coefficient (Wildman–Crippen LogP) is 3.48. The van der Waals surface area contributed by atoms with Crippen LogP contribution in [0.15, 0.2) is 4.99 Å². The van der Waals surface area contributed by atoms with Gasteiger partial charge in [0.1, 0.15) is 5.60 Å². The van der Waals surface area contributed by atoms with Gasteiger partial charge in [-0.15, -0.1) is 0 Å². The maximum absolute atomic E-state index is 12.3. The van der Waals surface area contributed by atoms with E-state index < -0.39 is 18.2 Å². The van der Waals surface area contributed by atoms with Crippen molar-refractivity contribution < 1.29 is 22.7 Å². The smallest absolute Gasteiger partial charge is 0.410 e. The number of nitrogens with zero attached hydrogens (tertiary/aromatic N) is 3. The summed E-state index contributed by atoms with van der Waals surface area (Å²) in [7, 11) is 1.57. The summed E-state index contributed by atoms with van der Waals surface area (Å²) in [5.74, 6) is 0.833. The van der Waals surface area contributed by atoms with Gasteiger partial charge in [0.15, 0.2) is 5.96 Å². The second-order valence-corrected chi connectivity index (χ2v) is 7.79. The summed E-state index contributed by atoms with van der Waals surface area (Å²) in [4.78, 5) is 20.0. The minimum Gasteiger partial charge on any atom is -0.444 e. The van der Waals surface area contributed by atoms with Gasteiger partial charge in [-0.1, -0.05) is 0 Å². The molecule has 0 spiro atoms. The molecule has 0 aromatic carbocycles. The van der Waals surface area contributed by atoms with Crippen molar-refractivity contribution in [3.63, 3.8) is 0 Å². The fourth-order valence-electron chi connectivity index (χ4n) is 2.95. The van der Waals surface area contributed by atoms with Crippen LogP contribution in [0.5, 0.6) is 0 Å². The Balaban J connectivity index is 2.46. The second-order valence-electron chi connectivity index (χ2n) is 7.79. The van der Waals surface area contributed by atoms with Crippen molar-refractivity contribution in [1.82, 2.24) is 15.1 Å². The number of aliphatic imine (C=N–C) groups is 1. The first-order chi connectivity index (χ1) is 12.4. The van der Waals surface area contributed by atoms with E-state index in [2.05, 4.69) is 10.3 Å². The third-order valence-corrected chi connectivity index (χ3v) is 4.33. The molecule has 1 aliphatic heterocycles. The molecule has 0 aliphatic carbocycles. The van der Waals surface area contributed by atoms with Crippen LogP contribution in [-0.4, -0.2) is 73.4 Å². The average molecular weight is 394 g/mol. The van der Waals surface area contributed by atoms with Crippen molar-refractivity contribution in [3.8, 4) is 0 Å². The molecule has 158 valence electrons. The Morgan fingerprint density at radius 1 is 1.26 bits per heavy atom. The van der Waals surface area contributed by atoms with E-state index in [0.717, 1.165) is 12.8 Å². The largest absolute Gasteiger partial charge is 0.444 e. The van der Waals surface area contributed by atoms with Crippen LogP contribution in [0.3, 0.4) is 0 Å². The van der Waals surface area contributed by atoms with E-state index in [1.165, 1.54) is 0 Å². The minimum absolute atomic E-state index is 0.182. The number of nitrogens with one attached hydrogen (secondary N) is 1. The van der Waals surface area contributed by atoms with Crippen LogP contribution in [0.1, 0.15) is 47.0 Å². The molecule has 0 bridgehead atoms. The van der Waals surface area contributed by atoms with Crippen LogP contribution in [0, 0.1) is 5.92 Å². The van der Waals surface area contributed by atoms with Gasteiger partial charge in [-0.2, -0.15) is 13.2 Å². The first-order valence-electron chi connectivity index (χ1n) is 9.45. The number of carbonyl (C=O) groups excluding carboxylic acids is 1. The van der Waals surface area contributed by atoms with Crippen LogP contribution in [-0.2, 0) is 4.74 Å². The van der Waals surface area contributed by atoms with Gasteiger partial charge < -0.3 is 19.9 Å². The second kappa shape index (κ2) is 10.0. The van der Waals surface area contributed by atoms with E-state index in [9.17, 15) is 18.0 Å². The lowest BCUT2D eigenvalue weighted by atomic mass is 9.96. The third kappa shape index (κ3) is 9.19. The lowest BCUT2D eigenvalue weighted by Crippen LogP contribution is -2.48. The molecule has 0 aromatic rings. The highest BCUT2D eigenvalue weighted by Gasteiger charge is 2.29. The summed E-state index contributed by atoms with van der Waals surface area (Å²) >= 11 is 0. The number of alkyl halides is 3. The lowest BCUT2D eigenvalue weighted by Gasteiger charge is -2.36. The van der Waals surface area contributed by atoms with Crippen LogP contribution in [0.2, 0.25) is 0 Å². The van der Waals surface area contributed by atoms with Gasteiger partial charge >= 0.3 is 12.3 Å². The number of carbonyl (C=O) groups is 1. The summed E-state index contributed by atoms with van der Waals surface area (Å²) in [6, 6.07) is 0. The molecular formula is C18H33F3N4O2. The molecule has 0 aromatic heterocycles. The van der Waals surface area contributed by atoms with E-state index in [0.29, 0.717) is 38.1 Å². The average Bonchev–Trinajstić information content (AvgIpc) is 2.54. The van der Waals surface area contributed by atoms with Gasteiger partial charge in [0.25, 0.3) is 0 Å². The van der Waals surface area contributed by atoms with Gasteiger partial charge in [-0.25, -0.2) is 4.79 Å². The maximum atomic E-state index is 12.3. The fourth-order valence-corrected chi connectivity index (χ4v) is 2.95. The van der Waals surface area contributed by atoms with Gasteiger partial charge in [-0.05, 0) is 46.5 Å². The Bertz CT molecular complexity index is 496. The molecule has 1 heterocycles. The molecule has 9 heteroatoms. The molecule has 1 fully saturated rings. The van der Waals surface area contributed by atoms with Crippen molar-refractivity contribution in [2.75, 3.05) is 39.8 Å². The summed E-state index contributed by atoms with van der Waals surface area (Å²) in [5, 5.41) is 2.78. The Hall–Kier alpha value is -1.67. The zero-order chi connectivity index (χ0) is 20.7.